The molecule has 1 unspecified atom stereocenters. The standard InChI is InChI=1S/C20H26N2O2S.ClH/c1-3-13-22-14-12-18(15-22)17-6-8-19(9-7-17)21-25(23,24)20-10-4-16(2)5-11-20;/h4-11,18,21H,3,12-15H2,1-2H3;1H. The minimum atomic E-state index is -3.54. The van der Waals surface area contributed by atoms with Crippen LogP contribution in [0, 0.1) is 6.92 Å². The molecule has 1 aliphatic heterocycles. The number of nitrogens with one attached hydrogen (secondary N) is 1. The molecule has 1 saturated heterocycles. The highest BCUT2D eigenvalue weighted by Crippen LogP contribution is 2.28. The maximum atomic E-state index is 12.5. The molecule has 1 aliphatic rings. The molecule has 0 saturated carbocycles. The molecule has 0 aromatic heterocycles. The Bertz CT molecular complexity index is 805. The zero-order valence-corrected chi connectivity index (χ0v) is 16.9. The van der Waals surface area contributed by atoms with E-state index in [0.29, 0.717) is 11.6 Å². The molecule has 1 fully saturated rings. The highest BCUT2D eigenvalue weighted by molar-refractivity contribution is 7.92. The van der Waals surface area contributed by atoms with Crippen LogP contribution in [0.4, 0.5) is 5.69 Å². The molecule has 1 heterocycles. The molecule has 0 radical (unpaired) electrons. The molecule has 1 atom stereocenters. The normalized spacial score (nSPS) is 17.7. The van der Waals surface area contributed by atoms with Crippen molar-refractivity contribution in [2.75, 3.05) is 24.4 Å². The summed E-state index contributed by atoms with van der Waals surface area (Å²) >= 11 is 0. The van der Waals surface area contributed by atoms with E-state index < -0.39 is 10.0 Å². The zero-order chi connectivity index (χ0) is 17.9. The second kappa shape index (κ2) is 8.89. The monoisotopic (exact) mass is 394 g/mol. The third-order valence-corrected chi connectivity index (χ3v) is 6.17. The lowest BCUT2D eigenvalue weighted by Gasteiger charge is -2.15. The number of hydrogen-bond donors (Lipinski definition) is 1. The molecule has 0 bridgehead atoms. The second-order valence-corrected chi connectivity index (χ2v) is 8.51. The van der Waals surface area contributed by atoms with Crippen molar-refractivity contribution < 1.29 is 8.42 Å². The Morgan fingerprint density at radius 2 is 1.73 bits per heavy atom. The number of sulfonamides is 1. The highest BCUT2D eigenvalue weighted by atomic mass is 35.5. The average Bonchev–Trinajstić information content (AvgIpc) is 3.05. The molecule has 3 rings (SSSR count). The van der Waals surface area contributed by atoms with Crippen LogP contribution in [0.3, 0.4) is 0 Å². The topological polar surface area (TPSA) is 49.4 Å². The van der Waals surface area contributed by atoms with Crippen LogP contribution in [0.15, 0.2) is 53.4 Å². The number of benzene rings is 2. The molecule has 2 aromatic rings. The lowest BCUT2D eigenvalue weighted by molar-refractivity contribution is 0.335. The smallest absolute Gasteiger partial charge is 0.261 e. The fourth-order valence-electron chi connectivity index (χ4n) is 3.38. The molecular formula is C20H27ClN2O2S. The van der Waals surface area contributed by atoms with Crippen LogP contribution in [0.5, 0.6) is 0 Å². The van der Waals surface area contributed by atoms with E-state index in [1.807, 2.05) is 31.2 Å². The molecular weight excluding hydrogens is 368 g/mol. The minimum Gasteiger partial charge on any atom is -0.303 e. The van der Waals surface area contributed by atoms with Gasteiger partial charge in [0.15, 0.2) is 0 Å². The highest BCUT2D eigenvalue weighted by Gasteiger charge is 2.23. The summed E-state index contributed by atoms with van der Waals surface area (Å²) in [6, 6.07) is 14.7. The van der Waals surface area contributed by atoms with E-state index in [1.54, 1.807) is 24.3 Å². The summed E-state index contributed by atoms with van der Waals surface area (Å²) in [6.45, 7) is 7.56. The van der Waals surface area contributed by atoms with Crippen LogP contribution in [-0.4, -0.2) is 33.0 Å². The maximum Gasteiger partial charge on any atom is 0.261 e. The van der Waals surface area contributed by atoms with Crippen molar-refractivity contribution in [1.29, 1.82) is 0 Å². The molecule has 0 spiro atoms. The van der Waals surface area contributed by atoms with Gasteiger partial charge in [0.1, 0.15) is 0 Å². The van der Waals surface area contributed by atoms with Crippen molar-refractivity contribution in [3.05, 3.63) is 59.7 Å². The Balaban J connectivity index is 0.00000243. The molecule has 26 heavy (non-hydrogen) atoms. The first-order valence-corrected chi connectivity index (χ1v) is 10.4. The van der Waals surface area contributed by atoms with Gasteiger partial charge < -0.3 is 4.90 Å². The number of hydrogen-bond acceptors (Lipinski definition) is 3. The lowest BCUT2D eigenvalue weighted by atomic mass is 9.98. The lowest BCUT2D eigenvalue weighted by Crippen LogP contribution is -2.20. The number of aryl methyl sites for hydroxylation is 1. The van der Waals surface area contributed by atoms with E-state index in [-0.39, 0.29) is 17.3 Å². The van der Waals surface area contributed by atoms with Crippen LogP contribution in [-0.2, 0) is 10.0 Å². The first-order chi connectivity index (χ1) is 12.0. The summed E-state index contributed by atoms with van der Waals surface area (Å²) in [6.07, 6.45) is 2.36. The third-order valence-electron chi connectivity index (χ3n) is 4.78. The number of likely N-dealkylation sites (tertiary alicyclic amines) is 1. The predicted octanol–water partition coefficient (Wildman–Crippen LogP) is 4.42. The fraction of sp³-hybridized carbons (Fsp3) is 0.400. The van der Waals surface area contributed by atoms with Crippen LogP contribution >= 0.6 is 12.4 Å². The molecule has 4 nitrogen and oxygen atoms in total. The predicted molar refractivity (Wildman–Crippen MR) is 110 cm³/mol. The number of rotatable bonds is 6. The number of nitrogens with zero attached hydrogens (tertiary/aromatic N) is 1. The van der Waals surface area contributed by atoms with Gasteiger partial charge in [-0.3, -0.25) is 4.72 Å². The van der Waals surface area contributed by atoms with Gasteiger partial charge in [0.25, 0.3) is 10.0 Å². The van der Waals surface area contributed by atoms with Crippen LogP contribution in [0.25, 0.3) is 0 Å². The van der Waals surface area contributed by atoms with Gasteiger partial charge in [-0.15, -0.1) is 12.4 Å². The van der Waals surface area contributed by atoms with Crippen molar-refractivity contribution in [2.45, 2.75) is 37.5 Å². The molecule has 0 amide bonds. The third kappa shape index (κ3) is 5.00. The summed E-state index contributed by atoms with van der Waals surface area (Å²) in [4.78, 5) is 2.78. The van der Waals surface area contributed by atoms with Crippen molar-refractivity contribution >= 4 is 28.1 Å². The quantitative estimate of drug-likeness (QED) is 0.789. The Kier molecular flexibility index (Phi) is 7.09. The fourth-order valence-corrected chi connectivity index (χ4v) is 4.44. The first-order valence-electron chi connectivity index (χ1n) is 8.90. The Labute approximate surface area is 163 Å². The van der Waals surface area contributed by atoms with Crippen LogP contribution in [0.1, 0.15) is 36.8 Å². The van der Waals surface area contributed by atoms with E-state index in [0.717, 1.165) is 25.2 Å². The van der Waals surface area contributed by atoms with Gasteiger partial charge in [-0.2, -0.15) is 0 Å². The zero-order valence-electron chi connectivity index (χ0n) is 15.3. The first kappa shape index (κ1) is 20.7. The summed E-state index contributed by atoms with van der Waals surface area (Å²) in [7, 11) is -3.54. The molecule has 0 aliphatic carbocycles. The van der Waals surface area contributed by atoms with Gasteiger partial charge in [0, 0.05) is 12.2 Å². The SMILES string of the molecule is CCCN1CCC(c2ccc(NS(=O)(=O)c3ccc(C)cc3)cc2)C1.Cl. The maximum absolute atomic E-state index is 12.5. The van der Waals surface area contributed by atoms with E-state index in [2.05, 4.69) is 16.5 Å². The molecule has 2 aromatic carbocycles. The van der Waals surface area contributed by atoms with Crippen molar-refractivity contribution in [3.8, 4) is 0 Å². The second-order valence-electron chi connectivity index (χ2n) is 6.83. The summed E-state index contributed by atoms with van der Waals surface area (Å²) in [5.74, 6) is 0.550. The average molecular weight is 395 g/mol. The van der Waals surface area contributed by atoms with Gasteiger partial charge in [0.2, 0.25) is 0 Å². The van der Waals surface area contributed by atoms with Crippen molar-refractivity contribution in [2.24, 2.45) is 0 Å². The van der Waals surface area contributed by atoms with Crippen molar-refractivity contribution in [1.82, 2.24) is 4.90 Å². The Morgan fingerprint density at radius 3 is 2.35 bits per heavy atom. The van der Waals surface area contributed by atoms with Gasteiger partial charge in [0.05, 0.1) is 4.90 Å². The Morgan fingerprint density at radius 1 is 1.08 bits per heavy atom. The Hall–Kier alpha value is -1.56. The van der Waals surface area contributed by atoms with Crippen LogP contribution in [0.2, 0.25) is 0 Å². The number of halogens is 1. The van der Waals surface area contributed by atoms with Gasteiger partial charge in [-0.05, 0) is 68.6 Å². The molecule has 142 valence electrons. The summed E-state index contributed by atoms with van der Waals surface area (Å²) < 4.78 is 27.6. The van der Waals surface area contributed by atoms with E-state index in [4.69, 9.17) is 0 Å². The van der Waals surface area contributed by atoms with E-state index >= 15 is 0 Å². The van der Waals surface area contributed by atoms with E-state index in [1.165, 1.54) is 18.4 Å². The summed E-state index contributed by atoms with van der Waals surface area (Å²) in [5, 5.41) is 0. The van der Waals surface area contributed by atoms with Gasteiger partial charge in [-0.25, -0.2) is 8.42 Å². The molecule has 6 heteroatoms. The largest absolute Gasteiger partial charge is 0.303 e. The number of anilines is 1. The van der Waals surface area contributed by atoms with Gasteiger partial charge >= 0.3 is 0 Å². The summed E-state index contributed by atoms with van der Waals surface area (Å²) in [5.41, 5.74) is 2.93. The molecule has 1 N–H and O–H groups in total. The van der Waals surface area contributed by atoms with Gasteiger partial charge in [-0.1, -0.05) is 36.8 Å². The minimum absolute atomic E-state index is 0. The van der Waals surface area contributed by atoms with Crippen LogP contribution < -0.4 is 4.72 Å². The van der Waals surface area contributed by atoms with Crippen molar-refractivity contribution in [3.63, 3.8) is 0 Å². The van der Waals surface area contributed by atoms with E-state index in [9.17, 15) is 8.42 Å².